The summed E-state index contributed by atoms with van der Waals surface area (Å²) < 4.78 is 63.1. The molecule has 2 aromatic carbocycles. The van der Waals surface area contributed by atoms with Gasteiger partial charge in [0.05, 0.1) is 16.1 Å². The minimum atomic E-state index is -4.76. The number of alkyl halides is 3. The third kappa shape index (κ3) is 5.52. The number of benzene rings is 2. The van der Waals surface area contributed by atoms with Crippen molar-refractivity contribution in [3.63, 3.8) is 0 Å². The molecule has 0 saturated heterocycles. The highest BCUT2D eigenvalue weighted by Crippen LogP contribution is 2.35. The van der Waals surface area contributed by atoms with Gasteiger partial charge in [0.2, 0.25) is 0 Å². The van der Waals surface area contributed by atoms with Gasteiger partial charge in [-0.2, -0.15) is 13.2 Å². The summed E-state index contributed by atoms with van der Waals surface area (Å²) in [5.74, 6) is -1.64. The molecule has 0 bridgehead atoms. The first-order valence-electron chi connectivity index (χ1n) is 8.96. The maximum atomic E-state index is 13.9. The molecule has 0 atom stereocenters. The van der Waals surface area contributed by atoms with Gasteiger partial charge in [-0.15, -0.1) is 11.3 Å². The summed E-state index contributed by atoms with van der Waals surface area (Å²) in [5, 5.41) is 9.08. The van der Waals surface area contributed by atoms with E-state index in [1.165, 1.54) is 17.4 Å². The van der Waals surface area contributed by atoms with Gasteiger partial charge in [-0.05, 0) is 37.6 Å². The highest BCUT2D eigenvalue weighted by atomic mass is 32.1. The van der Waals surface area contributed by atoms with Gasteiger partial charge >= 0.3 is 12.1 Å². The van der Waals surface area contributed by atoms with E-state index in [1.807, 2.05) is 6.92 Å². The smallest absolute Gasteiger partial charge is 0.419 e. The topological polar surface area (TPSA) is 68.7 Å². The van der Waals surface area contributed by atoms with Crippen molar-refractivity contribution in [3.05, 3.63) is 63.9 Å². The molecule has 0 radical (unpaired) electrons. The van der Waals surface area contributed by atoms with Crippen LogP contribution in [0.3, 0.4) is 0 Å². The third-order valence-electron chi connectivity index (χ3n) is 4.29. The number of aryl methyl sites for hydroxylation is 2. The molecular weight excluding hydrogens is 438 g/mol. The molecule has 5 nitrogen and oxygen atoms in total. The zero-order chi connectivity index (χ0) is 22.8. The number of aromatic nitrogens is 1. The fraction of sp³-hybridized carbons (Fsp3) is 0.238. The van der Waals surface area contributed by atoms with Crippen molar-refractivity contribution < 1.29 is 36.9 Å². The monoisotopic (exact) mass is 455 g/mol. The summed E-state index contributed by atoms with van der Waals surface area (Å²) >= 11 is 1.19. The molecule has 3 aromatic rings. The zero-order valence-electron chi connectivity index (χ0n) is 16.4. The molecule has 0 amide bonds. The number of carboxylic acid groups (broad SMARTS) is 1. The van der Waals surface area contributed by atoms with E-state index in [4.69, 9.17) is 14.6 Å². The summed E-state index contributed by atoms with van der Waals surface area (Å²) in [6.07, 6.45) is -4.76. The number of hydrogen-bond donors (Lipinski definition) is 1. The van der Waals surface area contributed by atoms with Crippen molar-refractivity contribution in [2.24, 2.45) is 0 Å². The second-order valence-electron chi connectivity index (χ2n) is 6.62. The summed E-state index contributed by atoms with van der Waals surface area (Å²) in [4.78, 5) is 15.7. The Kier molecular flexibility index (Phi) is 6.49. The Labute approximate surface area is 178 Å². The second-order valence-corrected chi connectivity index (χ2v) is 7.70. The molecule has 3 rings (SSSR count). The number of halogens is 4. The van der Waals surface area contributed by atoms with Gasteiger partial charge in [-0.25, -0.2) is 14.2 Å². The molecule has 164 valence electrons. The van der Waals surface area contributed by atoms with E-state index in [2.05, 4.69) is 4.98 Å². The van der Waals surface area contributed by atoms with Gasteiger partial charge in [0.25, 0.3) is 0 Å². The average molecular weight is 455 g/mol. The molecule has 1 aromatic heterocycles. The zero-order valence-corrected chi connectivity index (χ0v) is 17.2. The lowest BCUT2D eigenvalue weighted by Crippen LogP contribution is -2.09. The summed E-state index contributed by atoms with van der Waals surface area (Å²) in [6, 6.07) is 7.62. The first-order valence-corrected chi connectivity index (χ1v) is 9.77. The highest BCUT2D eigenvalue weighted by molar-refractivity contribution is 7.15. The minimum Gasteiger partial charge on any atom is -0.488 e. The molecule has 10 heteroatoms. The van der Waals surface area contributed by atoms with E-state index in [-0.39, 0.29) is 12.2 Å². The van der Waals surface area contributed by atoms with Gasteiger partial charge < -0.3 is 14.6 Å². The molecule has 0 spiro atoms. The van der Waals surface area contributed by atoms with Gasteiger partial charge in [-0.3, -0.25) is 0 Å². The maximum Gasteiger partial charge on any atom is 0.419 e. The van der Waals surface area contributed by atoms with Gasteiger partial charge in [0.15, 0.2) is 6.61 Å². The van der Waals surface area contributed by atoms with Crippen LogP contribution in [-0.2, 0) is 17.6 Å². The molecule has 0 aliphatic carbocycles. The van der Waals surface area contributed by atoms with Crippen LogP contribution in [0.2, 0.25) is 0 Å². The van der Waals surface area contributed by atoms with Crippen LogP contribution in [0.5, 0.6) is 11.5 Å². The van der Waals surface area contributed by atoms with E-state index in [9.17, 15) is 22.4 Å². The van der Waals surface area contributed by atoms with Crippen molar-refractivity contribution >= 4 is 17.3 Å². The largest absolute Gasteiger partial charge is 0.488 e. The minimum absolute atomic E-state index is 0.121. The number of rotatable bonds is 7. The van der Waals surface area contributed by atoms with E-state index >= 15 is 0 Å². The Hall–Kier alpha value is -3.14. The lowest BCUT2D eigenvalue weighted by molar-refractivity contribution is -0.140. The van der Waals surface area contributed by atoms with Gasteiger partial charge in [0, 0.05) is 11.6 Å². The van der Waals surface area contributed by atoms with Crippen molar-refractivity contribution in [3.8, 4) is 22.1 Å². The third-order valence-corrected chi connectivity index (χ3v) is 5.47. The maximum absolute atomic E-state index is 13.9. The molecule has 0 saturated carbocycles. The summed E-state index contributed by atoms with van der Waals surface area (Å²) in [6.45, 7) is 3.17. The Morgan fingerprint density at radius 1 is 1.13 bits per heavy atom. The molecular formula is C21H17F4NO4S. The Bertz CT molecular complexity index is 1110. The second kappa shape index (κ2) is 8.93. The molecule has 0 unspecified atom stereocenters. The normalized spacial score (nSPS) is 11.4. The van der Waals surface area contributed by atoms with Crippen LogP contribution in [0.4, 0.5) is 17.6 Å². The fourth-order valence-electron chi connectivity index (χ4n) is 2.68. The molecule has 0 aliphatic rings. The quantitative estimate of drug-likeness (QED) is 0.468. The fourth-order valence-corrected chi connectivity index (χ4v) is 3.65. The van der Waals surface area contributed by atoms with E-state index in [0.29, 0.717) is 33.1 Å². The number of ether oxygens (including phenoxy) is 2. The van der Waals surface area contributed by atoms with E-state index in [0.717, 1.165) is 11.6 Å². The van der Waals surface area contributed by atoms with E-state index < -0.39 is 30.1 Å². The Balaban J connectivity index is 1.76. The molecule has 31 heavy (non-hydrogen) atoms. The average Bonchev–Trinajstić information content (AvgIpc) is 3.06. The van der Waals surface area contributed by atoms with Crippen molar-refractivity contribution in [1.82, 2.24) is 4.98 Å². The van der Waals surface area contributed by atoms with Gasteiger partial charge in [0.1, 0.15) is 28.9 Å². The number of carbonyl (C=O) groups is 1. The lowest BCUT2D eigenvalue weighted by atomic mass is 10.1. The predicted molar refractivity (Wildman–Crippen MR) is 106 cm³/mol. The van der Waals surface area contributed by atoms with E-state index in [1.54, 1.807) is 25.1 Å². The number of carboxylic acids is 1. The first kappa shape index (κ1) is 22.5. The molecule has 0 fully saturated rings. The lowest BCUT2D eigenvalue weighted by Gasteiger charge is -2.11. The molecule has 0 aliphatic heterocycles. The van der Waals surface area contributed by atoms with Crippen LogP contribution in [0, 0.1) is 19.7 Å². The van der Waals surface area contributed by atoms with Crippen LogP contribution in [0.15, 0.2) is 36.4 Å². The number of thiazole rings is 1. The van der Waals surface area contributed by atoms with Crippen LogP contribution in [0.1, 0.15) is 21.7 Å². The molecule has 1 heterocycles. The summed E-state index contributed by atoms with van der Waals surface area (Å²) in [5.41, 5.74) is 0.324. The van der Waals surface area contributed by atoms with Crippen LogP contribution >= 0.6 is 11.3 Å². The van der Waals surface area contributed by atoms with Crippen molar-refractivity contribution in [2.75, 3.05) is 6.61 Å². The van der Waals surface area contributed by atoms with Gasteiger partial charge in [-0.1, -0.05) is 12.1 Å². The van der Waals surface area contributed by atoms with Crippen LogP contribution in [0.25, 0.3) is 10.6 Å². The SMILES string of the molecule is Cc1ccc(OCC(=O)O)cc1OCc1sc(-c2ccc(C(F)(F)F)c(F)c2)nc1C. The number of nitrogens with zero attached hydrogens (tertiary/aromatic N) is 1. The van der Waals surface area contributed by atoms with Crippen LogP contribution in [-0.4, -0.2) is 22.7 Å². The Morgan fingerprint density at radius 3 is 2.52 bits per heavy atom. The standard InChI is InChI=1S/C21H17F4NO4S/c1-11-3-5-14(29-10-19(27)28)8-17(11)30-9-18-12(2)26-20(31-18)13-4-6-15(16(22)7-13)21(23,24)25/h3-8H,9-10H2,1-2H3,(H,27,28). The van der Waals surface area contributed by atoms with Crippen molar-refractivity contribution in [2.45, 2.75) is 26.6 Å². The first-order chi connectivity index (χ1) is 14.5. The number of aliphatic carboxylic acids is 1. The number of hydrogen-bond acceptors (Lipinski definition) is 5. The predicted octanol–water partition coefficient (Wildman–Crippen LogP) is 5.63. The van der Waals surface area contributed by atoms with Crippen LogP contribution < -0.4 is 9.47 Å². The van der Waals surface area contributed by atoms with Crippen molar-refractivity contribution in [1.29, 1.82) is 0 Å². The highest BCUT2D eigenvalue weighted by Gasteiger charge is 2.34. The Morgan fingerprint density at radius 2 is 1.87 bits per heavy atom. The molecule has 1 N–H and O–H groups in total. The summed E-state index contributed by atoms with van der Waals surface area (Å²) in [7, 11) is 0.